The lowest BCUT2D eigenvalue weighted by Crippen LogP contribution is -2.42. The van der Waals surface area contributed by atoms with Gasteiger partial charge in [0.1, 0.15) is 11.6 Å². The predicted octanol–water partition coefficient (Wildman–Crippen LogP) is 1.24. The Morgan fingerprint density at radius 2 is 2.06 bits per heavy atom. The average molecular weight is 224 g/mol. The van der Waals surface area contributed by atoms with Crippen LogP contribution in [0.3, 0.4) is 0 Å². The van der Waals surface area contributed by atoms with Crippen molar-refractivity contribution in [2.24, 2.45) is 0 Å². The quantitative estimate of drug-likeness (QED) is 0.793. The Morgan fingerprint density at radius 3 is 2.69 bits per heavy atom. The Bertz CT molecular complexity index is 352. The minimum atomic E-state index is -0.329. The summed E-state index contributed by atoms with van der Waals surface area (Å²) in [5.74, 6) is -0.282. The van der Waals surface area contributed by atoms with E-state index >= 15 is 0 Å². The first-order chi connectivity index (χ1) is 7.66. The zero-order valence-electron chi connectivity index (χ0n) is 9.46. The van der Waals surface area contributed by atoms with E-state index in [9.17, 15) is 9.50 Å². The number of hydrogen-bond acceptors (Lipinski definition) is 3. The summed E-state index contributed by atoms with van der Waals surface area (Å²) in [7, 11) is 0. The third-order valence-corrected chi connectivity index (χ3v) is 2.99. The monoisotopic (exact) mass is 224 g/mol. The molecule has 2 rings (SSSR count). The lowest BCUT2D eigenvalue weighted by molar-refractivity contribution is 0.232. The number of nitrogens with zero attached hydrogens (tertiary/aromatic N) is 1. The van der Waals surface area contributed by atoms with E-state index in [1.54, 1.807) is 13.0 Å². The molecule has 0 aliphatic carbocycles. The maximum absolute atomic E-state index is 13.4. The number of nitrogens with one attached hydrogen (secondary N) is 1. The van der Waals surface area contributed by atoms with Gasteiger partial charge in [0, 0.05) is 38.3 Å². The summed E-state index contributed by atoms with van der Waals surface area (Å²) >= 11 is 0. The lowest BCUT2D eigenvalue weighted by Gasteiger charge is -2.27. The molecule has 1 heterocycles. The first-order valence-electron chi connectivity index (χ1n) is 5.58. The van der Waals surface area contributed by atoms with Gasteiger partial charge in [-0.3, -0.25) is 4.90 Å². The molecule has 0 saturated carbocycles. The molecule has 0 aromatic heterocycles. The Balaban J connectivity index is 2.09. The van der Waals surface area contributed by atoms with Crippen LogP contribution in [0.25, 0.3) is 0 Å². The molecule has 1 fully saturated rings. The van der Waals surface area contributed by atoms with Crippen LogP contribution in [0.4, 0.5) is 4.39 Å². The van der Waals surface area contributed by atoms with Gasteiger partial charge >= 0.3 is 0 Å². The van der Waals surface area contributed by atoms with E-state index in [1.807, 2.05) is 0 Å². The van der Waals surface area contributed by atoms with Crippen LogP contribution in [-0.4, -0.2) is 36.2 Å². The number of benzene rings is 1. The van der Waals surface area contributed by atoms with Crippen molar-refractivity contribution in [3.05, 3.63) is 29.1 Å². The van der Waals surface area contributed by atoms with E-state index in [2.05, 4.69) is 10.2 Å². The van der Waals surface area contributed by atoms with Crippen molar-refractivity contribution < 1.29 is 9.50 Å². The third-order valence-electron chi connectivity index (χ3n) is 2.99. The third kappa shape index (κ3) is 2.51. The summed E-state index contributed by atoms with van der Waals surface area (Å²) in [5.41, 5.74) is 1.16. The lowest BCUT2D eigenvalue weighted by atomic mass is 10.1. The molecule has 0 amide bonds. The van der Waals surface area contributed by atoms with Gasteiger partial charge in [-0.25, -0.2) is 4.39 Å². The minimum Gasteiger partial charge on any atom is -0.508 e. The fourth-order valence-electron chi connectivity index (χ4n) is 1.94. The fraction of sp³-hybridized carbons (Fsp3) is 0.500. The highest BCUT2D eigenvalue weighted by molar-refractivity contribution is 5.36. The summed E-state index contributed by atoms with van der Waals surface area (Å²) in [6.45, 7) is 6.17. The standard InChI is InChI=1S/C12H17FN2O/c1-9-11(13)6-10(7-12(9)16)8-15-4-2-14-3-5-15/h6-7,14,16H,2-5,8H2,1H3. The largest absolute Gasteiger partial charge is 0.508 e. The van der Waals surface area contributed by atoms with E-state index in [0.29, 0.717) is 12.1 Å². The van der Waals surface area contributed by atoms with Crippen LogP contribution < -0.4 is 5.32 Å². The van der Waals surface area contributed by atoms with E-state index in [-0.39, 0.29) is 11.6 Å². The van der Waals surface area contributed by atoms with Crippen molar-refractivity contribution in [2.45, 2.75) is 13.5 Å². The van der Waals surface area contributed by atoms with Crippen LogP contribution in [0.15, 0.2) is 12.1 Å². The normalized spacial score (nSPS) is 17.6. The van der Waals surface area contributed by atoms with Gasteiger partial charge in [-0.05, 0) is 24.6 Å². The second kappa shape index (κ2) is 4.80. The molecule has 1 aromatic rings. The van der Waals surface area contributed by atoms with Crippen molar-refractivity contribution in [1.29, 1.82) is 0 Å². The summed E-state index contributed by atoms with van der Waals surface area (Å²) in [4.78, 5) is 2.25. The number of phenolic OH excluding ortho intramolecular Hbond substituents is 1. The van der Waals surface area contributed by atoms with Crippen LogP contribution >= 0.6 is 0 Å². The molecule has 16 heavy (non-hydrogen) atoms. The van der Waals surface area contributed by atoms with Gasteiger partial charge in [0.05, 0.1) is 0 Å². The van der Waals surface area contributed by atoms with E-state index in [1.165, 1.54) is 6.07 Å². The van der Waals surface area contributed by atoms with Gasteiger partial charge in [0.15, 0.2) is 0 Å². The van der Waals surface area contributed by atoms with E-state index in [0.717, 1.165) is 31.7 Å². The highest BCUT2D eigenvalue weighted by Crippen LogP contribution is 2.22. The molecule has 0 unspecified atom stereocenters. The SMILES string of the molecule is Cc1c(O)cc(CN2CCNCC2)cc1F. The van der Waals surface area contributed by atoms with Gasteiger partial charge in [-0.2, -0.15) is 0 Å². The van der Waals surface area contributed by atoms with Crippen molar-refractivity contribution >= 4 is 0 Å². The number of rotatable bonds is 2. The van der Waals surface area contributed by atoms with Crippen LogP contribution in [0.1, 0.15) is 11.1 Å². The Morgan fingerprint density at radius 1 is 1.38 bits per heavy atom. The molecule has 1 aromatic carbocycles. The zero-order valence-corrected chi connectivity index (χ0v) is 9.46. The fourth-order valence-corrected chi connectivity index (χ4v) is 1.94. The molecule has 1 saturated heterocycles. The van der Waals surface area contributed by atoms with Gasteiger partial charge in [-0.1, -0.05) is 0 Å². The van der Waals surface area contributed by atoms with Crippen molar-refractivity contribution in [1.82, 2.24) is 10.2 Å². The minimum absolute atomic E-state index is 0.0464. The summed E-state index contributed by atoms with van der Waals surface area (Å²) < 4.78 is 13.4. The van der Waals surface area contributed by atoms with Crippen LogP contribution in [0.2, 0.25) is 0 Å². The smallest absolute Gasteiger partial charge is 0.130 e. The molecule has 1 aliphatic rings. The maximum Gasteiger partial charge on any atom is 0.130 e. The highest BCUT2D eigenvalue weighted by Gasteiger charge is 2.12. The van der Waals surface area contributed by atoms with E-state index < -0.39 is 0 Å². The van der Waals surface area contributed by atoms with Crippen molar-refractivity contribution in [3.63, 3.8) is 0 Å². The molecule has 2 N–H and O–H groups in total. The summed E-state index contributed by atoms with van der Waals surface area (Å²) in [6.07, 6.45) is 0. The summed E-state index contributed by atoms with van der Waals surface area (Å²) in [5, 5.41) is 12.8. The summed E-state index contributed by atoms with van der Waals surface area (Å²) in [6, 6.07) is 3.16. The number of phenols is 1. The molecular weight excluding hydrogens is 207 g/mol. The first kappa shape index (κ1) is 11.4. The van der Waals surface area contributed by atoms with Gasteiger partial charge in [0.25, 0.3) is 0 Å². The molecule has 1 aliphatic heterocycles. The predicted molar refractivity (Wildman–Crippen MR) is 60.9 cm³/mol. The van der Waals surface area contributed by atoms with Gasteiger partial charge in [0.2, 0.25) is 0 Å². The van der Waals surface area contributed by atoms with Crippen molar-refractivity contribution in [3.8, 4) is 5.75 Å². The molecule has 0 atom stereocenters. The average Bonchev–Trinajstić information content (AvgIpc) is 2.27. The second-order valence-electron chi connectivity index (χ2n) is 4.25. The first-order valence-corrected chi connectivity index (χ1v) is 5.58. The van der Waals surface area contributed by atoms with Crippen molar-refractivity contribution in [2.75, 3.05) is 26.2 Å². The molecule has 3 nitrogen and oxygen atoms in total. The molecule has 4 heteroatoms. The number of hydrogen-bond donors (Lipinski definition) is 2. The molecule has 88 valence electrons. The zero-order chi connectivity index (χ0) is 11.5. The van der Waals surface area contributed by atoms with Crippen LogP contribution in [-0.2, 0) is 6.54 Å². The Hall–Kier alpha value is -1.13. The molecule has 0 bridgehead atoms. The number of halogens is 1. The Kier molecular flexibility index (Phi) is 3.41. The van der Waals surface area contributed by atoms with Crippen LogP contribution in [0.5, 0.6) is 5.75 Å². The van der Waals surface area contributed by atoms with Crippen LogP contribution in [0, 0.1) is 12.7 Å². The van der Waals surface area contributed by atoms with Gasteiger partial charge < -0.3 is 10.4 Å². The Labute approximate surface area is 94.9 Å². The highest BCUT2D eigenvalue weighted by atomic mass is 19.1. The molecular formula is C12H17FN2O. The maximum atomic E-state index is 13.4. The molecule has 0 radical (unpaired) electrons. The number of piperazine rings is 1. The molecule has 0 spiro atoms. The van der Waals surface area contributed by atoms with E-state index in [4.69, 9.17) is 0 Å². The second-order valence-corrected chi connectivity index (χ2v) is 4.25. The van der Waals surface area contributed by atoms with Gasteiger partial charge in [-0.15, -0.1) is 0 Å². The topological polar surface area (TPSA) is 35.5 Å². The number of aromatic hydroxyl groups is 1.